The first-order chi connectivity index (χ1) is 14.1. The molecular formula is C22H24N2O5. The molecule has 2 N–H and O–H groups in total. The van der Waals surface area contributed by atoms with Crippen LogP contribution >= 0.6 is 0 Å². The van der Waals surface area contributed by atoms with Gasteiger partial charge in [-0.2, -0.15) is 0 Å². The van der Waals surface area contributed by atoms with Gasteiger partial charge in [-0.25, -0.2) is 4.79 Å². The number of benzene rings is 2. The molecular weight excluding hydrogens is 372 g/mol. The van der Waals surface area contributed by atoms with E-state index < -0.39 is 6.10 Å². The summed E-state index contributed by atoms with van der Waals surface area (Å²) in [6, 6.07) is 13.9. The molecule has 0 radical (unpaired) electrons. The molecule has 7 nitrogen and oxygen atoms in total. The topological polar surface area (TPSA) is 88.1 Å². The largest absolute Gasteiger partial charge is 0.488 e. The molecule has 2 amide bonds. The zero-order chi connectivity index (χ0) is 20.2. The van der Waals surface area contributed by atoms with Gasteiger partial charge in [-0.05, 0) is 67.8 Å². The maximum Gasteiger partial charge on any atom is 0.414 e. The zero-order valence-corrected chi connectivity index (χ0v) is 16.0. The van der Waals surface area contributed by atoms with Gasteiger partial charge in [0.1, 0.15) is 18.5 Å². The molecule has 2 aromatic rings. The molecule has 4 rings (SSSR count). The van der Waals surface area contributed by atoms with Crippen molar-refractivity contribution >= 4 is 23.4 Å². The molecule has 2 aromatic carbocycles. The SMILES string of the molecule is O=C(Nc1ccc(OC2CCCCC2O)cc1)c1ccc(N2CCOC2=O)cc1. The van der Waals surface area contributed by atoms with Crippen molar-refractivity contribution in [2.75, 3.05) is 23.4 Å². The lowest BCUT2D eigenvalue weighted by molar-refractivity contribution is 0.00688. The van der Waals surface area contributed by atoms with E-state index in [2.05, 4.69) is 5.32 Å². The van der Waals surface area contributed by atoms with E-state index in [-0.39, 0.29) is 18.1 Å². The van der Waals surface area contributed by atoms with Crippen LogP contribution in [0.5, 0.6) is 5.75 Å². The molecule has 2 fully saturated rings. The number of ether oxygens (including phenoxy) is 2. The van der Waals surface area contributed by atoms with Crippen molar-refractivity contribution < 1.29 is 24.2 Å². The van der Waals surface area contributed by atoms with E-state index in [1.54, 1.807) is 48.5 Å². The van der Waals surface area contributed by atoms with E-state index >= 15 is 0 Å². The molecule has 2 aliphatic rings. The van der Waals surface area contributed by atoms with Gasteiger partial charge in [0.2, 0.25) is 0 Å². The minimum atomic E-state index is -0.423. The quantitative estimate of drug-likeness (QED) is 0.807. The van der Waals surface area contributed by atoms with Gasteiger partial charge < -0.3 is 19.9 Å². The van der Waals surface area contributed by atoms with Crippen LogP contribution in [0.2, 0.25) is 0 Å². The van der Waals surface area contributed by atoms with Crippen LogP contribution in [0.1, 0.15) is 36.0 Å². The first-order valence-electron chi connectivity index (χ1n) is 9.91. The standard InChI is InChI=1S/C22H24N2O5/c25-19-3-1-2-4-20(19)29-18-11-7-16(8-12-18)23-21(26)15-5-9-17(10-6-15)24-13-14-28-22(24)27/h5-12,19-20,25H,1-4,13-14H2,(H,23,26). The monoisotopic (exact) mass is 396 g/mol. The molecule has 1 saturated heterocycles. The van der Waals surface area contributed by atoms with Crippen LogP contribution in [0.25, 0.3) is 0 Å². The fourth-order valence-corrected chi connectivity index (χ4v) is 3.63. The van der Waals surface area contributed by atoms with Gasteiger partial charge in [0.15, 0.2) is 0 Å². The summed E-state index contributed by atoms with van der Waals surface area (Å²) in [5, 5.41) is 12.9. The number of nitrogens with one attached hydrogen (secondary N) is 1. The lowest BCUT2D eigenvalue weighted by Crippen LogP contribution is -2.34. The Morgan fingerprint density at radius 3 is 2.45 bits per heavy atom. The molecule has 2 atom stereocenters. The first kappa shape index (κ1) is 19.3. The van der Waals surface area contributed by atoms with E-state index in [1.807, 2.05) is 0 Å². The molecule has 0 spiro atoms. The van der Waals surface area contributed by atoms with E-state index in [4.69, 9.17) is 9.47 Å². The molecule has 152 valence electrons. The second-order valence-electron chi connectivity index (χ2n) is 7.30. The minimum Gasteiger partial charge on any atom is -0.488 e. The van der Waals surface area contributed by atoms with Crippen LogP contribution in [0.15, 0.2) is 48.5 Å². The number of anilines is 2. The maximum atomic E-state index is 12.5. The summed E-state index contributed by atoms with van der Waals surface area (Å²) in [6.07, 6.45) is 2.76. The Bertz CT molecular complexity index is 866. The van der Waals surface area contributed by atoms with Crippen molar-refractivity contribution in [2.24, 2.45) is 0 Å². The number of hydrogen-bond acceptors (Lipinski definition) is 5. The predicted octanol–water partition coefficient (Wildman–Crippen LogP) is 3.58. The smallest absolute Gasteiger partial charge is 0.414 e. The summed E-state index contributed by atoms with van der Waals surface area (Å²) in [5.41, 5.74) is 1.85. The summed E-state index contributed by atoms with van der Waals surface area (Å²) in [7, 11) is 0. The Balaban J connectivity index is 1.35. The highest BCUT2D eigenvalue weighted by atomic mass is 16.6. The number of aliphatic hydroxyl groups excluding tert-OH is 1. The molecule has 1 aliphatic heterocycles. The van der Waals surface area contributed by atoms with Crippen LogP contribution in [-0.2, 0) is 4.74 Å². The van der Waals surface area contributed by atoms with Crippen LogP contribution in [0.3, 0.4) is 0 Å². The van der Waals surface area contributed by atoms with Crippen LogP contribution in [-0.4, -0.2) is 42.5 Å². The van der Waals surface area contributed by atoms with Crippen LogP contribution < -0.4 is 15.0 Å². The van der Waals surface area contributed by atoms with Gasteiger partial charge in [0, 0.05) is 16.9 Å². The number of cyclic esters (lactones) is 1. The molecule has 1 heterocycles. The molecule has 0 bridgehead atoms. The van der Waals surface area contributed by atoms with Gasteiger partial charge in [-0.15, -0.1) is 0 Å². The molecule has 1 aliphatic carbocycles. The van der Waals surface area contributed by atoms with Crippen molar-refractivity contribution in [3.05, 3.63) is 54.1 Å². The second-order valence-corrected chi connectivity index (χ2v) is 7.30. The molecule has 1 saturated carbocycles. The van der Waals surface area contributed by atoms with Gasteiger partial charge in [0.25, 0.3) is 5.91 Å². The van der Waals surface area contributed by atoms with E-state index in [1.165, 1.54) is 4.90 Å². The second kappa shape index (κ2) is 8.53. The Hall–Kier alpha value is -3.06. The third-order valence-corrected chi connectivity index (χ3v) is 5.27. The summed E-state index contributed by atoms with van der Waals surface area (Å²) in [4.78, 5) is 25.6. The molecule has 0 aromatic heterocycles. The predicted molar refractivity (Wildman–Crippen MR) is 108 cm³/mol. The highest BCUT2D eigenvalue weighted by molar-refractivity contribution is 6.04. The van der Waals surface area contributed by atoms with Crippen molar-refractivity contribution in [2.45, 2.75) is 37.9 Å². The maximum absolute atomic E-state index is 12.5. The van der Waals surface area contributed by atoms with E-state index in [9.17, 15) is 14.7 Å². The molecule has 29 heavy (non-hydrogen) atoms. The Kier molecular flexibility index (Phi) is 5.67. The first-order valence-corrected chi connectivity index (χ1v) is 9.91. The lowest BCUT2D eigenvalue weighted by Gasteiger charge is -2.28. The number of aliphatic hydroxyl groups is 1. The molecule has 2 unspecified atom stereocenters. The zero-order valence-electron chi connectivity index (χ0n) is 16.0. The average molecular weight is 396 g/mol. The minimum absolute atomic E-state index is 0.171. The number of carbonyl (C=O) groups excluding carboxylic acids is 2. The Labute approximate surface area is 169 Å². The number of carbonyl (C=O) groups is 2. The highest BCUT2D eigenvalue weighted by Gasteiger charge is 2.25. The Morgan fingerprint density at radius 1 is 1.07 bits per heavy atom. The van der Waals surface area contributed by atoms with Crippen molar-refractivity contribution in [1.29, 1.82) is 0 Å². The van der Waals surface area contributed by atoms with Gasteiger partial charge in [0.05, 0.1) is 12.6 Å². The number of amides is 2. The van der Waals surface area contributed by atoms with Crippen molar-refractivity contribution in [3.63, 3.8) is 0 Å². The average Bonchev–Trinajstić information content (AvgIpc) is 3.17. The fraction of sp³-hybridized carbons (Fsp3) is 0.364. The third kappa shape index (κ3) is 4.51. The number of hydrogen-bond donors (Lipinski definition) is 2. The van der Waals surface area contributed by atoms with E-state index in [0.29, 0.717) is 35.8 Å². The van der Waals surface area contributed by atoms with Gasteiger partial charge in [-0.1, -0.05) is 6.42 Å². The van der Waals surface area contributed by atoms with Crippen molar-refractivity contribution in [3.8, 4) is 5.75 Å². The van der Waals surface area contributed by atoms with E-state index in [0.717, 1.165) is 25.7 Å². The number of nitrogens with zero attached hydrogens (tertiary/aromatic N) is 1. The van der Waals surface area contributed by atoms with Crippen LogP contribution in [0, 0.1) is 0 Å². The van der Waals surface area contributed by atoms with Crippen molar-refractivity contribution in [1.82, 2.24) is 0 Å². The van der Waals surface area contributed by atoms with Gasteiger partial charge >= 0.3 is 6.09 Å². The Morgan fingerprint density at radius 2 is 1.79 bits per heavy atom. The summed E-state index contributed by atoms with van der Waals surface area (Å²) >= 11 is 0. The lowest BCUT2D eigenvalue weighted by atomic mass is 9.95. The van der Waals surface area contributed by atoms with Crippen LogP contribution in [0.4, 0.5) is 16.2 Å². The third-order valence-electron chi connectivity index (χ3n) is 5.27. The normalized spacial score (nSPS) is 21.6. The summed E-state index contributed by atoms with van der Waals surface area (Å²) < 4.78 is 10.8. The molecule has 7 heteroatoms. The number of rotatable bonds is 5. The van der Waals surface area contributed by atoms with Gasteiger partial charge in [-0.3, -0.25) is 9.69 Å². The highest BCUT2D eigenvalue weighted by Crippen LogP contribution is 2.25. The fourth-order valence-electron chi connectivity index (χ4n) is 3.63. The summed E-state index contributed by atoms with van der Waals surface area (Å²) in [6.45, 7) is 0.886. The summed E-state index contributed by atoms with van der Waals surface area (Å²) in [5.74, 6) is 0.438.